The minimum absolute atomic E-state index is 1.48. The van der Waals surface area contributed by atoms with Crippen molar-refractivity contribution in [3.05, 3.63) is 0 Å². The van der Waals surface area contributed by atoms with E-state index in [2.05, 4.69) is 11.7 Å². The SMILES string of the molecule is CS(C)(#N)S(=S)(=S)SSSSSSSSSSSSSSSSSSSSSSSSSSSSSSSSSSSSSSSSSSSSSSSSS. The van der Waals surface area contributed by atoms with Gasteiger partial charge < -0.3 is 0 Å². The summed E-state index contributed by atoms with van der Waals surface area (Å²) in [6, 6.07) is 0. The number of rotatable bonds is 48. The molecule has 0 bridgehead atoms. The summed E-state index contributed by atoms with van der Waals surface area (Å²) >= 11 is 14.9. The Morgan fingerprint density at radius 2 is 0.393 bits per heavy atom. The van der Waals surface area contributed by atoms with Gasteiger partial charge in [-0.2, -0.15) is 0 Å². The average molecular weight is 1740 g/mol. The van der Waals surface area contributed by atoms with Crippen LogP contribution in [-0.4, -0.2) is 12.5 Å². The highest BCUT2D eigenvalue weighted by Crippen LogP contribution is 2.69. The van der Waals surface area contributed by atoms with Gasteiger partial charge in [-0.3, -0.25) is 0 Å². The summed E-state index contributed by atoms with van der Waals surface area (Å²) in [6.45, 7) is 0. The molecule has 0 spiro atoms. The molecule has 0 aromatic heterocycles. The van der Waals surface area contributed by atoms with Crippen molar-refractivity contribution < 1.29 is 0 Å². The van der Waals surface area contributed by atoms with Gasteiger partial charge in [-0.15, -0.1) is 0 Å². The van der Waals surface area contributed by atoms with E-state index in [1.54, 1.807) is 170 Å². The molecule has 0 aliphatic rings. The third-order valence-electron chi connectivity index (χ3n) is 1.89. The molecular formula is C2H7NS53. The quantitative estimate of drug-likeness (QED) is 0.0355. The van der Waals surface area contributed by atoms with Crippen LogP contribution in [0, 0.1) is 4.61 Å². The van der Waals surface area contributed by atoms with Crippen molar-refractivity contribution in [2.45, 2.75) is 0 Å². The molecule has 54 heteroatoms. The second-order valence-corrected chi connectivity index (χ2v) is 105. The lowest BCUT2D eigenvalue weighted by Gasteiger charge is -2.13. The van der Waals surface area contributed by atoms with Gasteiger partial charge in [0.2, 0.25) is 0 Å². The van der Waals surface area contributed by atoms with Gasteiger partial charge in [0, 0.05) is 411 Å². The minimum Gasteiger partial charge on any atom is -0.219 e. The molecule has 0 N–H and O–H groups in total. The average Bonchev–Trinajstić information content (AvgIpc) is 3.17. The number of hydrogen-bond donors (Lipinski definition) is 1. The molecule has 0 atom stereocenters. The van der Waals surface area contributed by atoms with E-state index < -0.39 is 13.9 Å². The van der Waals surface area contributed by atoms with Gasteiger partial charge in [-0.1, -0.05) is 11.7 Å². The van der Waals surface area contributed by atoms with Crippen molar-refractivity contribution in [2.75, 3.05) is 12.5 Å². The number of hydrogen-bond acceptors (Lipinski definition) is 52. The molecule has 0 rings (SSSR count). The highest BCUT2D eigenvalue weighted by molar-refractivity contribution is 9.63. The van der Waals surface area contributed by atoms with E-state index in [4.69, 9.17) is 22.4 Å². The zero-order valence-corrected chi connectivity index (χ0v) is 67.5. The van der Waals surface area contributed by atoms with Crippen molar-refractivity contribution >= 4 is 520 Å². The van der Waals surface area contributed by atoms with Crippen molar-refractivity contribution in [1.82, 2.24) is 0 Å². The van der Waals surface area contributed by atoms with E-state index in [0.29, 0.717) is 0 Å². The first-order chi connectivity index (χ1) is 27.3. The first-order valence-electron chi connectivity index (χ1n) is 9.68. The molecule has 0 aliphatic heterocycles. The fraction of sp³-hybridized carbons (Fsp3) is 1.00. The number of nitrogens with zero attached hydrogens (tertiary/aromatic N) is 1. The van der Waals surface area contributed by atoms with Crippen LogP contribution < -0.4 is 0 Å². The van der Waals surface area contributed by atoms with Gasteiger partial charge >= 0.3 is 0 Å². The predicted molar refractivity (Wildman–Crippen MR) is 417 cm³/mol. The normalized spacial score (nSPS) is 12.2. The van der Waals surface area contributed by atoms with Gasteiger partial charge in [-0.05, 0) is 110 Å². The summed E-state index contributed by atoms with van der Waals surface area (Å²) in [6.07, 6.45) is 3.56. The molecule has 0 amide bonds. The Balaban J connectivity index is 3.11. The van der Waals surface area contributed by atoms with Crippen LogP contribution in [0.4, 0.5) is 0 Å². The summed E-state index contributed by atoms with van der Waals surface area (Å²) < 4.78 is 10.1. The highest BCUT2D eigenvalue weighted by atomic mass is 34.1. The van der Waals surface area contributed by atoms with Crippen molar-refractivity contribution in [3.63, 3.8) is 0 Å². The standard InChI is InChI=1S/C2H7NS53/c1-55(2,3)56(5,6)54-53-52-51-50-49-48-47-46-45-44-43-42-41-40-39-38-37-36-35-34-33-32-31-30-29-28-27-26-25-24-23-22-21-20-19-18-17-16-15-14-13-12-11-10-9-8-7-4/h4H,1-2H3. The molecule has 0 aliphatic carbocycles. The maximum Gasteiger partial charge on any atom is 0.0339 e. The van der Waals surface area contributed by atoms with E-state index in [-0.39, 0.29) is 0 Å². The molecule has 1 nitrogen and oxygen atoms in total. The maximum atomic E-state index is 10.1. The zero-order chi connectivity index (χ0) is 40.9. The zero-order valence-electron chi connectivity index (χ0n) is 24.1. The lowest BCUT2D eigenvalue weighted by molar-refractivity contribution is 1.64. The Morgan fingerprint density at radius 1 is 0.268 bits per heavy atom. The second kappa shape index (κ2) is 62.2. The van der Waals surface area contributed by atoms with Crippen LogP contribution in [0.2, 0.25) is 0 Å². The monoisotopic (exact) mass is 1740 g/mol. The van der Waals surface area contributed by atoms with E-state index >= 15 is 0 Å². The fourth-order valence-corrected chi connectivity index (χ4v) is 141. The molecule has 0 aromatic rings. The largest absolute Gasteiger partial charge is 0.219 e. The van der Waals surface area contributed by atoms with Crippen molar-refractivity contribution in [2.24, 2.45) is 0 Å². The Kier molecular flexibility index (Phi) is 82.2. The number of thiol groups is 1. The van der Waals surface area contributed by atoms with Gasteiger partial charge in [0.05, 0.1) is 0 Å². The van der Waals surface area contributed by atoms with Gasteiger partial charge in [0.15, 0.2) is 0 Å². The fourth-order valence-electron chi connectivity index (χ4n) is 0.625. The van der Waals surface area contributed by atoms with Gasteiger partial charge in [0.1, 0.15) is 0 Å². The van der Waals surface area contributed by atoms with Crippen LogP contribution in [0.5, 0.6) is 0 Å². The highest BCUT2D eigenvalue weighted by Gasteiger charge is 2.15. The Labute approximate surface area is 522 Å². The maximum absolute atomic E-state index is 10.1. The van der Waals surface area contributed by atoms with Crippen LogP contribution in [0.15, 0.2) is 0 Å². The first-order valence-corrected chi connectivity index (χ1v) is 81.1. The summed E-state index contributed by atoms with van der Waals surface area (Å²) in [7, 11) is 83.6. The Bertz CT molecular complexity index is 947. The van der Waals surface area contributed by atoms with Crippen molar-refractivity contribution in [1.29, 1.82) is 4.61 Å². The Hall–Kier alpha value is 18.0. The lowest BCUT2D eigenvalue weighted by Crippen LogP contribution is -1.88. The third kappa shape index (κ3) is 61.2. The molecule has 0 aromatic carbocycles. The first kappa shape index (κ1) is 74.0. The van der Waals surface area contributed by atoms with Crippen LogP contribution in [0.3, 0.4) is 0 Å². The Morgan fingerprint density at radius 3 is 0.518 bits per heavy atom. The van der Waals surface area contributed by atoms with E-state index in [9.17, 15) is 4.61 Å². The van der Waals surface area contributed by atoms with Crippen molar-refractivity contribution in [3.8, 4) is 0 Å². The van der Waals surface area contributed by atoms with Crippen LogP contribution in [-0.2, 0) is 27.6 Å². The molecular weight excluding hydrogens is 1740 g/mol. The van der Waals surface area contributed by atoms with E-state index in [1.165, 1.54) is 19.7 Å². The molecule has 0 saturated carbocycles. The van der Waals surface area contributed by atoms with Crippen LogP contribution >= 0.6 is 492 Å². The van der Waals surface area contributed by atoms with Crippen LogP contribution in [0.25, 0.3) is 0 Å². The minimum atomic E-state index is -1.85. The smallest absolute Gasteiger partial charge is 0.0339 e. The van der Waals surface area contributed by atoms with Gasteiger partial charge in [0.25, 0.3) is 0 Å². The molecule has 0 saturated heterocycles. The second-order valence-electron chi connectivity index (χ2n) is 4.86. The molecule has 0 radical (unpaired) electrons. The molecule has 56 heavy (non-hydrogen) atoms. The summed E-state index contributed by atoms with van der Waals surface area (Å²) in [5.74, 6) is 0. The summed E-state index contributed by atoms with van der Waals surface area (Å²) in [4.78, 5) is 0. The van der Waals surface area contributed by atoms with E-state index in [1.807, 2.05) is 295 Å². The van der Waals surface area contributed by atoms with E-state index in [0.717, 1.165) is 0 Å². The topological polar surface area (TPSA) is 23.8 Å². The lowest BCUT2D eigenvalue weighted by atomic mass is 11.9. The molecule has 0 heterocycles. The summed E-state index contributed by atoms with van der Waals surface area (Å²) in [5.41, 5.74) is 0. The predicted octanol–water partition coefficient (Wildman–Crippen LogP) is 32.5. The third-order valence-corrected chi connectivity index (χ3v) is 126. The molecule has 0 unspecified atom stereocenters. The molecule has 0 fully saturated rings. The van der Waals surface area contributed by atoms with Crippen LogP contribution in [0.1, 0.15) is 0 Å². The van der Waals surface area contributed by atoms with Gasteiger partial charge in [-0.25, -0.2) is 4.61 Å². The molecule has 338 valence electrons. The summed E-state index contributed by atoms with van der Waals surface area (Å²) in [5, 5.41) is -1.84.